The summed E-state index contributed by atoms with van der Waals surface area (Å²) in [4.78, 5) is 10.5. The molecule has 2 aromatic rings. The molecular weight excluding hydrogens is 254 g/mol. The average Bonchev–Trinajstić information content (AvgIpc) is 2.70. The second kappa shape index (κ2) is 5.18. The van der Waals surface area contributed by atoms with Crippen LogP contribution in [0.5, 0.6) is 0 Å². The maximum Gasteiger partial charge on any atom is 0.294 e. The van der Waals surface area contributed by atoms with Crippen LogP contribution in [0.3, 0.4) is 0 Å². The van der Waals surface area contributed by atoms with Crippen molar-refractivity contribution in [3.63, 3.8) is 0 Å². The first-order chi connectivity index (χ1) is 8.63. The summed E-state index contributed by atoms with van der Waals surface area (Å²) in [6, 6.07) is 8.15. The molecule has 1 aromatic carbocycles. The topological polar surface area (TPSA) is 61.0 Å². The highest BCUT2D eigenvalue weighted by Crippen LogP contribution is 2.25. The quantitative estimate of drug-likeness (QED) is 0.629. The van der Waals surface area contributed by atoms with Crippen LogP contribution in [-0.4, -0.2) is 14.7 Å². The van der Waals surface area contributed by atoms with E-state index in [2.05, 4.69) is 5.10 Å². The lowest BCUT2D eigenvalue weighted by Crippen LogP contribution is -2.02. The minimum atomic E-state index is -0.438. The smallest absolute Gasteiger partial charge is 0.258 e. The fourth-order valence-electron chi connectivity index (χ4n) is 1.75. The fourth-order valence-corrected chi connectivity index (χ4v) is 2.00. The van der Waals surface area contributed by atoms with Gasteiger partial charge in [-0.05, 0) is 18.6 Å². The number of hydrogen-bond donors (Lipinski definition) is 0. The molecule has 6 heteroatoms. The number of benzene rings is 1. The van der Waals surface area contributed by atoms with Gasteiger partial charge in [-0.1, -0.05) is 37.1 Å². The summed E-state index contributed by atoms with van der Waals surface area (Å²) in [6.45, 7) is 2.04. The van der Waals surface area contributed by atoms with Gasteiger partial charge in [-0.3, -0.25) is 10.1 Å². The molecule has 0 fully saturated rings. The van der Waals surface area contributed by atoms with Crippen molar-refractivity contribution >= 4 is 17.3 Å². The van der Waals surface area contributed by atoms with E-state index in [1.165, 1.54) is 10.7 Å². The predicted octanol–water partition coefficient (Wildman–Crippen LogP) is 3.39. The van der Waals surface area contributed by atoms with E-state index in [9.17, 15) is 10.1 Å². The number of aromatic nitrogens is 2. The van der Waals surface area contributed by atoms with Gasteiger partial charge in [-0.15, -0.1) is 0 Å². The number of hydrogen-bond acceptors (Lipinski definition) is 3. The molecule has 2 rings (SSSR count). The zero-order valence-corrected chi connectivity index (χ0v) is 10.6. The lowest BCUT2D eigenvalue weighted by Gasteiger charge is -2.03. The third-order valence-corrected chi connectivity index (χ3v) is 2.80. The molecule has 0 spiro atoms. The number of nitrogens with zero attached hydrogens (tertiary/aromatic N) is 3. The molecule has 1 heterocycles. The second-order valence-corrected chi connectivity index (χ2v) is 4.25. The summed E-state index contributed by atoms with van der Waals surface area (Å²) in [5.74, 6) is 0. The summed E-state index contributed by atoms with van der Waals surface area (Å²) in [5, 5.41) is 15.6. The maximum absolute atomic E-state index is 11.0. The third kappa shape index (κ3) is 2.36. The van der Waals surface area contributed by atoms with Crippen LogP contribution in [0.1, 0.15) is 19.0 Å². The van der Waals surface area contributed by atoms with E-state index in [4.69, 9.17) is 11.6 Å². The number of nitro benzene ring substituents is 1. The average molecular weight is 266 g/mol. The van der Waals surface area contributed by atoms with Crippen molar-refractivity contribution in [2.75, 3.05) is 0 Å². The zero-order valence-electron chi connectivity index (χ0n) is 9.84. The van der Waals surface area contributed by atoms with Gasteiger partial charge < -0.3 is 0 Å². The lowest BCUT2D eigenvalue weighted by atomic mass is 10.3. The molecule has 1 aromatic heterocycles. The Bertz CT molecular complexity index is 580. The first kappa shape index (κ1) is 12.6. The monoisotopic (exact) mass is 265 g/mol. The van der Waals surface area contributed by atoms with Crippen molar-refractivity contribution in [1.29, 1.82) is 0 Å². The molecule has 0 unspecified atom stereocenters. The third-order valence-electron chi connectivity index (χ3n) is 2.53. The first-order valence-electron chi connectivity index (χ1n) is 5.61. The van der Waals surface area contributed by atoms with E-state index in [1.807, 2.05) is 6.92 Å². The first-order valence-corrected chi connectivity index (χ1v) is 5.99. The predicted molar refractivity (Wildman–Crippen MR) is 69.2 cm³/mol. The van der Waals surface area contributed by atoms with Crippen molar-refractivity contribution in [3.8, 4) is 5.69 Å². The minimum Gasteiger partial charge on any atom is -0.258 e. The van der Waals surface area contributed by atoms with Crippen LogP contribution in [0, 0.1) is 10.1 Å². The van der Waals surface area contributed by atoms with E-state index in [0.29, 0.717) is 10.8 Å². The van der Waals surface area contributed by atoms with Crippen LogP contribution in [0.2, 0.25) is 5.15 Å². The van der Waals surface area contributed by atoms with Gasteiger partial charge >= 0.3 is 0 Å². The molecule has 18 heavy (non-hydrogen) atoms. The highest BCUT2D eigenvalue weighted by atomic mass is 35.5. The molecular formula is C12H12ClN3O2. The molecule has 0 amide bonds. The van der Waals surface area contributed by atoms with Crippen LogP contribution in [0.25, 0.3) is 5.69 Å². The molecule has 0 aliphatic rings. The Hall–Kier alpha value is -1.88. The van der Waals surface area contributed by atoms with E-state index >= 15 is 0 Å². The summed E-state index contributed by atoms with van der Waals surface area (Å²) >= 11 is 6.07. The summed E-state index contributed by atoms with van der Waals surface area (Å²) in [7, 11) is 0. The van der Waals surface area contributed by atoms with Crippen molar-refractivity contribution in [3.05, 3.63) is 51.3 Å². The Kier molecular flexibility index (Phi) is 3.62. The van der Waals surface area contributed by atoms with Gasteiger partial charge in [0.1, 0.15) is 10.8 Å². The van der Waals surface area contributed by atoms with Gasteiger partial charge in [0, 0.05) is 6.07 Å². The van der Waals surface area contributed by atoms with Crippen molar-refractivity contribution in [1.82, 2.24) is 9.78 Å². The number of aryl methyl sites for hydroxylation is 1. The van der Waals surface area contributed by atoms with Gasteiger partial charge in [0.05, 0.1) is 10.6 Å². The van der Waals surface area contributed by atoms with E-state index in [0.717, 1.165) is 18.5 Å². The summed E-state index contributed by atoms with van der Waals surface area (Å²) in [5.41, 5.74) is 1.21. The van der Waals surface area contributed by atoms with Crippen LogP contribution < -0.4 is 0 Å². The Morgan fingerprint density at radius 2 is 2.17 bits per heavy atom. The lowest BCUT2D eigenvalue weighted by molar-refractivity contribution is -0.384. The molecule has 0 aliphatic heterocycles. The van der Waals surface area contributed by atoms with Crippen LogP contribution in [0.4, 0.5) is 5.69 Å². The Labute approximate surface area is 109 Å². The number of halogens is 1. The van der Waals surface area contributed by atoms with E-state index < -0.39 is 4.92 Å². The normalized spacial score (nSPS) is 10.6. The Balaban J connectivity index is 2.51. The van der Waals surface area contributed by atoms with E-state index in [-0.39, 0.29) is 5.69 Å². The summed E-state index contributed by atoms with van der Waals surface area (Å²) < 4.78 is 1.41. The number of rotatable bonds is 4. The van der Waals surface area contributed by atoms with E-state index in [1.54, 1.807) is 24.3 Å². The highest BCUT2D eigenvalue weighted by molar-refractivity contribution is 6.29. The van der Waals surface area contributed by atoms with Gasteiger partial charge in [0.2, 0.25) is 0 Å². The molecule has 94 valence electrons. The summed E-state index contributed by atoms with van der Waals surface area (Å²) in [6.07, 6.45) is 1.75. The van der Waals surface area contributed by atoms with Crippen molar-refractivity contribution in [2.45, 2.75) is 19.8 Å². The van der Waals surface area contributed by atoms with Crippen molar-refractivity contribution in [2.24, 2.45) is 0 Å². The molecule has 0 saturated heterocycles. The fraction of sp³-hybridized carbons (Fsp3) is 0.250. The number of nitro groups is 1. The van der Waals surface area contributed by atoms with Crippen LogP contribution >= 0.6 is 11.6 Å². The second-order valence-electron chi connectivity index (χ2n) is 3.87. The van der Waals surface area contributed by atoms with Gasteiger partial charge in [0.25, 0.3) is 5.69 Å². The maximum atomic E-state index is 11.0. The Morgan fingerprint density at radius 1 is 1.44 bits per heavy atom. The molecule has 0 saturated carbocycles. The molecule has 5 nitrogen and oxygen atoms in total. The van der Waals surface area contributed by atoms with Gasteiger partial charge in [0.15, 0.2) is 0 Å². The van der Waals surface area contributed by atoms with Crippen LogP contribution in [0.15, 0.2) is 30.3 Å². The zero-order chi connectivity index (χ0) is 13.1. The molecule has 0 bridgehead atoms. The molecule has 0 radical (unpaired) electrons. The van der Waals surface area contributed by atoms with Crippen molar-refractivity contribution < 1.29 is 4.92 Å². The van der Waals surface area contributed by atoms with Crippen LogP contribution in [-0.2, 0) is 6.42 Å². The minimum absolute atomic E-state index is 0.00875. The number of para-hydroxylation sites is 2. The standard InChI is InChI=1S/C12H12ClN3O2/c1-2-5-9-8-12(13)15(14-9)10-6-3-4-7-11(10)16(17)18/h3-4,6-8H,2,5H2,1H3. The molecule has 0 aliphatic carbocycles. The highest BCUT2D eigenvalue weighted by Gasteiger charge is 2.17. The van der Waals surface area contributed by atoms with Gasteiger partial charge in [-0.25, -0.2) is 4.68 Å². The Morgan fingerprint density at radius 3 is 2.83 bits per heavy atom. The largest absolute Gasteiger partial charge is 0.294 e. The van der Waals surface area contributed by atoms with Gasteiger partial charge in [-0.2, -0.15) is 5.10 Å². The molecule has 0 N–H and O–H groups in total. The molecule has 0 atom stereocenters. The SMILES string of the molecule is CCCc1cc(Cl)n(-c2ccccc2[N+](=O)[O-])n1.